The van der Waals surface area contributed by atoms with E-state index in [9.17, 15) is 0 Å². The second-order valence-corrected chi connectivity index (χ2v) is 3.80. The lowest BCUT2D eigenvalue weighted by Gasteiger charge is -2.12. The van der Waals surface area contributed by atoms with Crippen LogP contribution >= 0.6 is 0 Å². The molecule has 1 unspecified atom stereocenters. The van der Waals surface area contributed by atoms with Gasteiger partial charge < -0.3 is 10.3 Å². The monoisotopic (exact) mass is 174 g/mol. The first-order chi connectivity index (χ1) is 6.08. The van der Waals surface area contributed by atoms with Crippen LogP contribution in [0.15, 0.2) is 24.4 Å². The lowest BCUT2D eigenvalue weighted by Crippen LogP contribution is -2.35. The summed E-state index contributed by atoms with van der Waals surface area (Å²) in [7, 11) is 2.04. The van der Waals surface area contributed by atoms with Gasteiger partial charge in [0, 0.05) is 18.6 Å². The van der Waals surface area contributed by atoms with Crippen molar-refractivity contribution in [3.63, 3.8) is 0 Å². The first-order valence-electron chi connectivity index (χ1n) is 4.41. The van der Waals surface area contributed by atoms with E-state index in [2.05, 4.69) is 22.8 Å². The van der Waals surface area contributed by atoms with E-state index in [4.69, 9.17) is 5.73 Å². The second kappa shape index (κ2) is 2.60. The third-order valence-corrected chi connectivity index (χ3v) is 2.33. The molecule has 1 aliphatic carbocycles. The fraction of sp³-hybridized carbons (Fsp3) is 0.273. The van der Waals surface area contributed by atoms with Gasteiger partial charge in [-0.3, -0.25) is 0 Å². The molecule has 1 aliphatic rings. The number of rotatable bonds is 0. The van der Waals surface area contributed by atoms with Gasteiger partial charge in [0.25, 0.3) is 0 Å². The van der Waals surface area contributed by atoms with Crippen molar-refractivity contribution in [1.29, 1.82) is 0 Å². The Morgan fingerprint density at radius 2 is 2.23 bits per heavy atom. The summed E-state index contributed by atoms with van der Waals surface area (Å²) >= 11 is 0. The van der Waals surface area contributed by atoms with E-state index in [-0.39, 0.29) is 5.54 Å². The fourth-order valence-corrected chi connectivity index (χ4v) is 1.63. The lowest BCUT2D eigenvalue weighted by atomic mass is 10.0. The van der Waals surface area contributed by atoms with Crippen molar-refractivity contribution in [2.45, 2.75) is 12.5 Å². The van der Waals surface area contributed by atoms with Gasteiger partial charge in [0.05, 0.1) is 5.54 Å². The number of nitrogens with two attached hydrogens (primary N) is 1. The molecule has 68 valence electrons. The molecule has 1 heterocycles. The molecule has 0 fully saturated rings. The van der Waals surface area contributed by atoms with Crippen molar-refractivity contribution in [3.8, 4) is 0 Å². The molecule has 2 heteroatoms. The Hall–Kier alpha value is -1.28. The van der Waals surface area contributed by atoms with E-state index < -0.39 is 0 Å². The van der Waals surface area contributed by atoms with E-state index in [0.717, 1.165) is 0 Å². The standard InChI is InChI=1S/C11H14N2/c1-11(12)6-3-4-10-9(8-11)5-7-13(10)2/h3-8H,12H2,1-2H3. The highest BCUT2D eigenvalue weighted by Gasteiger charge is 2.11. The highest BCUT2D eigenvalue weighted by atomic mass is 14.9. The minimum Gasteiger partial charge on any atom is -0.351 e. The zero-order valence-corrected chi connectivity index (χ0v) is 7.99. The number of aryl methyl sites for hydroxylation is 1. The van der Waals surface area contributed by atoms with Crippen LogP contribution < -0.4 is 16.3 Å². The number of allylic oxidation sites excluding steroid dienone is 1. The molecule has 13 heavy (non-hydrogen) atoms. The maximum atomic E-state index is 6.03. The van der Waals surface area contributed by atoms with Crippen LogP contribution in [0.25, 0.3) is 12.2 Å². The van der Waals surface area contributed by atoms with E-state index in [1.807, 2.05) is 32.3 Å². The SMILES string of the molecule is Cn1ccc2c1=CC=CC(C)(N)C=2. The topological polar surface area (TPSA) is 30.9 Å². The highest BCUT2D eigenvalue weighted by molar-refractivity contribution is 5.50. The zero-order chi connectivity index (χ0) is 9.47. The Balaban J connectivity index is 2.79. The average Bonchev–Trinajstić information content (AvgIpc) is 2.31. The van der Waals surface area contributed by atoms with Gasteiger partial charge in [-0.25, -0.2) is 0 Å². The summed E-state index contributed by atoms with van der Waals surface area (Å²) in [5, 5.41) is 2.42. The average molecular weight is 174 g/mol. The Morgan fingerprint density at radius 3 is 3.00 bits per heavy atom. The van der Waals surface area contributed by atoms with Gasteiger partial charge in [-0.05, 0) is 24.3 Å². The van der Waals surface area contributed by atoms with Crippen molar-refractivity contribution in [2.24, 2.45) is 12.8 Å². The summed E-state index contributed by atoms with van der Waals surface area (Å²) < 4.78 is 2.09. The predicted octanol–water partition coefficient (Wildman–Crippen LogP) is -0.127. The molecule has 0 aromatic carbocycles. The predicted molar refractivity (Wildman–Crippen MR) is 55.3 cm³/mol. The molecule has 2 N–H and O–H groups in total. The normalized spacial score (nSPS) is 25.8. The van der Waals surface area contributed by atoms with E-state index in [0.29, 0.717) is 0 Å². The van der Waals surface area contributed by atoms with Gasteiger partial charge in [0.1, 0.15) is 0 Å². The Bertz CT molecular complexity index is 461. The van der Waals surface area contributed by atoms with Crippen molar-refractivity contribution in [3.05, 3.63) is 35.0 Å². The van der Waals surface area contributed by atoms with Crippen molar-refractivity contribution < 1.29 is 0 Å². The summed E-state index contributed by atoms with van der Waals surface area (Å²) in [4.78, 5) is 0. The molecule has 0 amide bonds. The number of nitrogens with zero attached hydrogens (tertiary/aromatic N) is 1. The smallest absolute Gasteiger partial charge is 0.0508 e. The quantitative estimate of drug-likeness (QED) is 0.584. The van der Waals surface area contributed by atoms with Crippen LogP contribution in [0.3, 0.4) is 0 Å². The van der Waals surface area contributed by atoms with E-state index in [1.165, 1.54) is 10.6 Å². The Labute approximate surface area is 77.7 Å². The van der Waals surface area contributed by atoms with Crippen molar-refractivity contribution >= 4 is 12.2 Å². The Morgan fingerprint density at radius 1 is 1.46 bits per heavy atom. The van der Waals surface area contributed by atoms with Crippen LogP contribution in [0.5, 0.6) is 0 Å². The van der Waals surface area contributed by atoms with Gasteiger partial charge >= 0.3 is 0 Å². The van der Waals surface area contributed by atoms with Crippen LogP contribution in [-0.4, -0.2) is 10.1 Å². The molecule has 1 aromatic rings. The molecule has 1 atom stereocenters. The molecule has 0 saturated heterocycles. The summed E-state index contributed by atoms with van der Waals surface area (Å²) in [5.74, 6) is 0. The largest absolute Gasteiger partial charge is 0.351 e. The first kappa shape index (κ1) is 8.32. The molecule has 0 radical (unpaired) electrons. The minimum absolute atomic E-state index is 0.330. The summed E-state index contributed by atoms with van der Waals surface area (Å²) in [6, 6.07) is 2.09. The lowest BCUT2D eigenvalue weighted by molar-refractivity contribution is 0.778. The molecular weight excluding hydrogens is 160 g/mol. The number of aromatic nitrogens is 1. The summed E-state index contributed by atoms with van der Waals surface area (Å²) in [5.41, 5.74) is 5.70. The fourth-order valence-electron chi connectivity index (χ4n) is 1.63. The van der Waals surface area contributed by atoms with E-state index in [1.54, 1.807) is 0 Å². The minimum atomic E-state index is -0.330. The molecule has 0 aliphatic heterocycles. The van der Waals surface area contributed by atoms with Gasteiger partial charge in [-0.1, -0.05) is 18.2 Å². The van der Waals surface area contributed by atoms with Crippen molar-refractivity contribution in [1.82, 2.24) is 4.57 Å². The van der Waals surface area contributed by atoms with Gasteiger partial charge in [-0.15, -0.1) is 0 Å². The van der Waals surface area contributed by atoms with Crippen molar-refractivity contribution in [2.75, 3.05) is 0 Å². The van der Waals surface area contributed by atoms with Gasteiger partial charge in [-0.2, -0.15) is 0 Å². The third-order valence-electron chi connectivity index (χ3n) is 2.33. The number of hydrogen-bond acceptors (Lipinski definition) is 1. The summed E-state index contributed by atoms with van der Waals surface area (Å²) in [6.45, 7) is 2.00. The summed E-state index contributed by atoms with van der Waals surface area (Å²) in [6.07, 6.45) is 10.2. The van der Waals surface area contributed by atoms with Crippen LogP contribution in [0, 0.1) is 0 Å². The maximum absolute atomic E-state index is 6.03. The molecule has 0 saturated carbocycles. The maximum Gasteiger partial charge on any atom is 0.0508 e. The molecular formula is C11H14N2. The van der Waals surface area contributed by atoms with Gasteiger partial charge in [0.15, 0.2) is 0 Å². The Kier molecular flexibility index (Phi) is 1.67. The number of fused-ring (bicyclic) bond motifs is 1. The molecule has 1 aromatic heterocycles. The third kappa shape index (κ3) is 1.45. The second-order valence-electron chi connectivity index (χ2n) is 3.80. The molecule has 0 spiro atoms. The zero-order valence-electron chi connectivity index (χ0n) is 7.99. The van der Waals surface area contributed by atoms with Crippen LogP contribution in [0.2, 0.25) is 0 Å². The number of hydrogen-bond donors (Lipinski definition) is 1. The van der Waals surface area contributed by atoms with Crippen LogP contribution in [-0.2, 0) is 7.05 Å². The molecule has 2 rings (SSSR count). The molecule has 0 bridgehead atoms. The van der Waals surface area contributed by atoms with Gasteiger partial charge in [0.2, 0.25) is 0 Å². The molecule has 2 nitrogen and oxygen atoms in total. The van der Waals surface area contributed by atoms with Crippen LogP contribution in [0.1, 0.15) is 6.92 Å². The van der Waals surface area contributed by atoms with E-state index >= 15 is 0 Å². The highest BCUT2D eigenvalue weighted by Crippen LogP contribution is 2.04. The first-order valence-corrected chi connectivity index (χ1v) is 4.41. The van der Waals surface area contributed by atoms with Crippen LogP contribution in [0.4, 0.5) is 0 Å².